The lowest BCUT2D eigenvalue weighted by atomic mass is 10.0. The molecule has 2 heteroatoms. The van der Waals surface area contributed by atoms with E-state index >= 15 is 0 Å². The second-order valence-corrected chi connectivity index (χ2v) is 14.4. The van der Waals surface area contributed by atoms with E-state index in [-0.39, 0.29) is 0 Å². The monoisotopic (exact) mass is 642 g/mol. The molecule has 0 unspecified atom stereocenters. The third kappa shape index (κ3) is 31.4. The average molecular weight is 642 g/mol. The summed E-state index contributed by atoms with van der Waals surface area (Å²) in [4.78, 5) is 0. The molecule has 0 fully saturated rings. The minimum absolute atomic E-state index is 0.801. The van der Waals surface area contributed by atoms with Gasteiger partial charge in [0.15, 0.2) is 0 Å². The zero-order valence-corrected chi connectivity index (χ0v) is 31.5. The molecule has 1 radical (unpaired) electrons. The van der Waals surface area contributed by atoms with Crippen molar-refractivity contribution in [2.24, 2.45) is 0 Å². The first-order valence-corrected chi connectivity index (χ1v) is 21.1. The van der Waals surface area contributed by atoms with Gasteiger partial charge in [0.2, 0.25) is 0 Å². The molecule has 46 heavy (non-hydrogen) atoms. The van der Waals surface area contributed by atoms with E-state index in [1.807, 2.05) is 18.2 Å². The maximum Gasteiger partial charge on any atom is 0.123 e. The summed E-state index contributed by atoms with van der Waals surface area (Å²) in [6.07, 6.45) is 47.7. The molecule has 0 amide bonds. The minimum atomic E-state index is 0.801. The first-order chi connectivity index (χ1) is 22.9. The van der Waals surface area contributed by atoms with E-state index < -0.39 is 0 Å². The average Bonchev–Trinajstić information content (AvgIpc) is 3.07. The predicted molar refractivity (Wildman–Crippen MR) is 205 cm³/mol. The highest BCUT2D eigenvalue weighted by Gasteiger charge is 2.01. The Balaban J connectivity index is 1.82. The summed E-state index contributed by atoms with van der Waals surface area (Å²) < 4.78 is 12.0. The molecule has 0 aliphatic rings. The summed E-state index contributed by atoms with van der Waals surface area (Å²) in [5.74, 6) is 1.80. The number of hydrogen-bond acceptors (Lipinski definition) is 2. The van der Waals surface area contributed by atoms with Crippen LogP contribution < -0.4 is 9.47 Å². The van der Waals surface area contributed by atoms with Crippen molar-refractivity contribution in [3.05, 3.63) is 24.3 Å². The van der Waals surface area contributed by atoms with Gasteiger partial charge in [0.05, 0.1) is 13.2 Å². The summed E-state index contributed by atoms with van der Waals surface area (Å²) in [5, 5.41) is 0. The van der Waals surface area contributed by atoms with Crippen LogP contribution in [0.3, 0.4) is 0 Å². The zero-order chi connectivity index (χ0) is 32.9. The molecule has 0 aliphatic carbocycles. The molecule has 0 saturated heterocycles. The minimum Gasteiger partial charge on any atom is -0.493 e. The molecule has 0 spiro atoms. The fourth-order valence-corrected chi connectivity index (χ4v) is 6.63. The van der Waals surface area contributed by atoms with Crippen molar-refractivity contribution in [3.8, 4) is 11.5 Å². The lowest BCUT2D eigenvalue weighted by Gasteiger charge is -2.10. The Labute approximate surface area is 290 Å². The fourth-order valence-electron chi connectivity index (χ4n) is 6.63. The van der Waals surface area contributed by atoms with E-state index in [1.54, 1.807) is 0 Å². The second kappa shape index (κ2) is 36.7. The maximum absolute atomic E-state index is 6.00. The van der Waals surface area contributed by atoms with E-state index in [1.165, 1.54) is 205 Å². The van der Waals surface area contributed by atoms with Crippen molar-refractivity contribution in [2.45, 2.75) is 232 Å². The van der Waals surface area contributed by atoms with Crippen molar-refractivity contribution >= 4 is 0 Å². The summed E-state index contributed by atoms with van der Waals surface area (Å²) in [6, 6.07) is 9.12. The van der Waals surface area contributed by atoms with Gasteiger partial charge < -0.3 is 9.47 Å². The molecule has 0 aliphatic heterocycles. The Morgan fingerprint density at radius 1 is 0.326 bits per heavy atom. The molecule has 1 aromatic rings. The topological polar surface area (TPSA) is 18.5 Å². The molecular formula is C44H81O2. The van der Waals surface area contributed by atoms with Crippen LogP contribution in [0.1, 0.15) is 232 Å². The Morgan fingerprint density at radius 2 is 0.543 bits per heavy atom. The van der Waals surface area contributed by atoms with Gasteiger partial charge in [0, 0.05) is 6.07 Å². The third-order valence-electron chi connectivity index (χ3n) is 9.77. The van der Waals surface area contributed by atoms with Gasteiger partial charge in [0.1, 0.15) is 11.5 Å². The van der Waals surface area contributed by atoms with Gasteiger partial charge in [-0.3, -0.25) is 0 Å². The van der Waals surface area contributed by atoms with Crippen LogP contribution in [0, 0.1) is 6.07 Å². The summed E-state index contributed by atoms with van der Waals surface area (Å²) in [7, 11) is 0. The van der Waals surface area contributed by atoms with Crippen LogP contribution in [0.15, 0.2) is 18.2 Å². The smallest absolute Gasteiger partial charge is 0.123 e. The largest absolute Gasteiger partial charge is 0.493 e. The van der Waals surface area contributed by atoms with Crippen LogP contribution in [-0.4, -0.2) is 13.2 Å². The Hall–Kier alpha value is -1.18. The summed E-state index contributed by atoms with van der Waals surface area (Å²) in [6.45, 7) is 6.20. The number of benzene rings is 1. The SMILES string of the molecule is CCCCCCCCCCCCCCCCCCCOc1c[c]cc(OCCCCCCCCCCCCCCCCCCC)c1. The van der Waals surface area contributed by atoms with Gasteiger partial charge in [-0.2, -0.15) is 0 Å². The second-order valence-electron chi connectivity index (χ2n) is 14.4. The lowest BCUT2D eigenvalue weighted by molar-refractivity contribution is 0.289. The van der Waals surface area contributed by atoms with Crippen LogP contribution in [0.5, 0.6) is 11.5 Å². The van der Waals surface area contributed by atoms with Crippen LogP contribution in [0.25, 0.3) is 0 Å². The van der Waals surface area contributed by atoms with E-state index in [0.717, 1.165) is 37.6 Å². The van der Waals surface area contributed by atoms with Crippen LogP contribution >= 0.6 is 0 Å². The Kier molecular flexibility index (Phi) is 34.1. The standard InChI is InChI=1S/C44H81O2/c1-3-5-7-9-11-13-15-17-19-21-23-25-27-29-31-33-35-40-45-43-38-37-39-44(42-43)46-41-36-34-32-30-28-26-24-22-20-18-16-14-12-10-8-6-4-2/h38-39,42H,3-36,40-41H2,1-2H3. The first kappa shape index (κ1) is 42.8. The van der Waals surface area contributed by atoms with Gasteiger partial charge in [-0.05, 0) is 31.0 Å². The van der Waals surface area contributed by atoms with E-state index in [2.05, 4.69) is 19.9 Å². The molecule has 1 rings (SSSR count). The Morgan fingerprint density at radius 3 is 0.783 bits per heavy atom. The van der Waals surface area contributed by atoms with Gasteiger partial charge in [-0.15, -0.1) is 0 Å². The van der Waals surface area contributed by atoms with Crippen molar-refractivity contribution < 1.29 is 9.47 Å². The molecule has 0 atom stereocenters. The molecule has 2 nitrogen and oxygen atoms in total. The van der Waals surface area contributed by atoms with Crippen molar-refractivity contribution in [3.63, 3.8) is 0 Å². The normalized spacial score (nSPS) is 11.3. The molecule has 0 bridgehead atoms. The van der Waals surface area contributed by atoms with Crippen molar-refractivity contribution in [1.82, 2.24) is 0 Å². The highest BCUT2D eigenvalue weighted by molar-refractivity contribution is 5.32. The number of rotatable bonds is 38. The third-order valence-corrected chi connectivity index (χ3v) is 9.77. The number of hydrogen-bond donors (Lipinski definition) is 0. The predicted octanol–water partition coefficient (Wildman–Crippen LogP) is 15.5. The van der Waals surface area contributed by atoms with Gasteiger partial charge in [-0.25, -0.2) is 0 Å². The molecule has 1 aromatic carbocycles. The van der Waals surface area contributed by atoms with E-state index in [9.17, 15) is 0 Å². The van der Waals surface area contributed by atoms with Gasteiger partial charge in [0.25, 0.3) is 0 Å². The molecule has 0 aromatic heterocycles. The van der Waals surface area contributed by atoms with Crippen molar-refractivity contribution in [1.29, 1.82) is 0 Å². The molecule has 0 saturated carbocycles. The molecule has 269 valence electrons. The van der Waals surface area contributed by atoms with E-state index in [4.69, 9.17) is 9.47 Å². The van der Waals surface area contributed by atoms with Gasteiger partial charge in [-0.1, -0.05) is 219 Å². The quantitative estimate of drug-likeness (QED) is 0.0669. The summed E-state index contributed by atoms with van der Waals surface area (Å²) >= 11 is 0. The molecule has 0 N–H and O–H groups in total. The summed E-state index contributed by atoms with van der Waals surface area (Å²) in [5.41, 5.74) is 0. The van der Waals surface area contributed by atoms with E-state index in [0.29, 0.717) is 0 Å². The van der Waals surface area contributed by atoms with Gasteiger partial charge >= 0.3 is 0 Å². The zero-order valence-electron chi connectivity index (χ0n) is 31.5. The number of unbranched alkanes of at least 4 members (excludes halogenated alkanes) is 32. The highest BCUT2D eigenvalue weighted by Crippen LogP contribution is 2.21. The van der Waals surface area contributed by atoms with Crippen molar-refractivity contribution in [2.75, 3.05) is 13.2 Å². The van der Waals surface area contributed by atoms with Crippen LogP contribution in [-0.2, 0) is 0 Å². The molecule has 0 heterocycles. The van der Waals surface area contributed by atoms with Crippen LogP contribution in [0.4, 0.5) is 0 Å². The van der Waals surface area contributed by atoms with Crippen LogP contribution in [0.2, 0.25) is 0 Å². The Bertz CT molecular complexity index is 646. The fraction of sp³-hybridized carbons (Fsp3) is 0.864. The lowest BCUT2D eigenvalue weighted by Crippen LogP contribution is -2.00. The molecular weight excluding hydrogens is 560 g/mol. The highest BCUT2D eigenvalue weighted by atomic mass is 16.5. The number of ether oxygens (including phenoxy) is 2. The first-order valence-electron chi connectivity index (χ1n) is 21.1. The maximum atomic E-state index is 6.00.